The highest BCUT2D eigenvalue weighted by Crippen LogP contribution is 2.36. The lowest BCUT2D eigenvalue weighted by Gasteiger charge is -2.32. The van der Waals surface area contributed by atoms with E-state index in [-0.39, 0.29) is 18.3 Å². The third-order valence-corrected chi connectivity index (χ3v) is 3.52. The SMILES string of the molecule is C=C(C)n1cc(B2OC(C)(C)C(C)(C)O2)cn1. The van der Waals surface area contributed by atoms with Gasteiger partial charge in [0.1, 0.15) is 0 Å². The largest absolute Gasteiger partial charge is 0.498 e. The molecule has 1 aliphatic rings. The third kappa shape index (κ3) is 2.05. The van der Waals surface area contributed by atoms with E-state index < -0.39 is 0 Å². The minimum absolute atomic E-state index is 0.316. The van der Waals surface area contributed by atoms with Crippen LogP contribution in [0.25, 0.3) is 5.70 Å². The van der Waals surface area contributed by atoms with E-state index in [1.54, 1.807) is 10.9 Å². The van der Waals surface area contributed by atoms with Gasteiger partial charge in [-0.3, -0.25) is 0 Å². The summed E-state index contributed by atoms with van der Waals surface area (Å²) in [6, 6.07) is 0. The van der Waals surface area contributed by atoms with Gasteiger partial charge in [0.2, 0.25) is 0 Å². The normalized spacial score (nSPS) is 21.8. The summed E-state index contributed by atoms with van der Waals surface area (Å²) in [7, 11) is -0.354. The second-order valence-corrected chi connectivity index (χ2v) is 5.54. The van der Waals surface area contributed by atoms with Gasteiger partial charge in [0, 0.05) is 23.6 Å². The van der Waals surface area contributed by atoms with Crippen molar-refractivity contribution in [3.63, 3.8) is 0 Å². The van der Waals surface area contributed by atoms with E-state index >= 15 is 0 Å². The highest BCUT2D eigenvalue weighted by molar-refractivity contribution is 6.62. The van der Waals surface area contributed by atoms with Crippen LogP contribution in [0, 0.1) is 0 Å². The molecule has 1 aliphatic heterocycles. The lowest BCUT2D eigenvalue weighted by Crippen LogP contribution is -2.41. The van der Waals surface area contributed by atoms with Crippen molar-refractivity contribution < 1.29 is 9.31 Å². The van der Waals surface area contributed by atoms with Crippen LogP contribution in [0.1, 0.15) is 34.6 Å². The lowest BCUT2D eigenvalue weighted by atomic mass is 9.82. The van der Waals surface area contributed by atoms with Crippen molar-refractivity contribution in [1.29, 1.82) is 0 Å². The third-order valence-electron chi connectivity index (χ3n) is 3.52. The molecule has 0 aliphatic carbocycles. The molecule has 5 heteroatoms. The molecule has 17 heavy (non-hydrogen) atoms. The van der Waals surface area contributed by atoms with Crippen molar-refractivity contribution in [3.05, 3.63) is 19.0 Å². The molecule has 0 unspecified atom stereocenters. The van der Waals surface area contributed by atoms with Crippen molar-refractivity contribution >= 4 is 18.3 Å². The molecule has 0 spiro atoms. The Morgan fingerprint density at radius 3 is 2.24 bits per heavy atom. The summed E-state index contributed by atoms with van der Waals surface area (Å²) in [6.07, 6.45) is 3.65. The molecule has 0 atom stereocenters. The zero-order valence-electron chi connectivity index (χ0n) is 11.2. The van der Waals surface area contributed by atoms with Gasteiger partial charge < -0.3 is 9.31 Å². The molecular formula is C12H19BN2O2. The van der Waals surface area contributed by atoms with Gasteiger partial charge in [-0.25, -0.2) is 4.68 Å². The Labute approximate surface area is 103 Å². The van der Waals surface area contributed by atoms with Gasteiger partial charge in [0.15, 0.2) is 0 Å². The van der Waals surface area contributed by atoms with E-state index in [2.05, 4.69) is 11.7 Å². The molecule has 0 bridgehead atoms. The standard InChI is InChI=1S/C12H19BN2O2/c1-9(2)15-8-10(7-14-15)13-16-11(3,4)12(5,6)17-13/h7-8H,1H2,2-6H3. The molecule has 1 fully saturated rings. The van der Waals surface area contributed by atoms with Crippen molar-refractivity contribution in [2.24, 2.45) is 0 Å². The van der Waals surface area contributed by atoms with E-state index in [1.807, 2.05) is 40.8 Å². The monoisotopic (exact) mass is 234 g/mol. The maximum atomic E-state index is 5.94. The molecule has 0 N–H and O–H groups in total. The first-order chi connectivity index (χ1) is 7.73. The fourth-order valence-electron chi connectivity index (χ4n) is 1.65. The topological polar surface area (TPSA) is 36.3 Å². The van der Waals surface area contributed by atoms with Gasteiger partial charge in [-0.15, -0.1) is 0 Å². The first-order valence-corrected chi connectivity index (χ1v) is 5.79. The molecule has 92 valence electrons. The minimum Gasteiger partial charge on any atom is -0.399 e. The first kappa shape index (κ1) is 12.4. The Kier molecular flexibility index (Phi) is 2.71. The van der Waals surface area contributed by atoms with E-state index in [0.717, 1.165) is 11.2 Å². The van der Waals surface area contributed by atoms with E-state index in [4.69, 9.17) is 9.31 Å². The Morgan fingerprint density at radius 1 is 1.29 bits per heavy atom. The van der Waals surface area contributed by atoms with Gasteiger partial charge in [-0.1, -0.05) is 6.58 Å². The number of aromatic nitrogens is 2. The molecule has 0 amide bonds. The summed E-state index contributed by atoms with van der Waals surface area (Å²) in [5.74, 6) is 0. The second-order valence-electron chi connectivity index (χ2n) is 5.54. The fourth-order valence-corrected chi connectivity index (χ4v) is 1.65. The average Bonchev–Trinajstić information content (AvgIpc) is 2.70. The molecular weight excluding hydrogens is 215 g/mol. The molecule has 2 heterocycles. The van der Waals surface area contributed by atoms with Crippen LogP contribution in [0.2, 0.25) is 0 Å². The van der Waals surface area contributed by atoms with Crippen molar-refractivity contribution in [2.45, 2.75) is 45.8 Å². The summed E-state index contributed by atoms with van der Waals surface area (Å²) in [5.41, 5.74) is 1.16. The second kappa shape index (κ2) is 3.72. The highest BCUT2D eigenvalue weighted by Gasteiger charge is 2.52. The van der Waals surface area contributed by atoms with Gasteiger partial charge in [0.05, 0.1) is 11.2 Å². The molecule has 2 rings (SSSR count). The Morgan fingerprint density at radius 2 is 1.82 bits per heavy atom. The van der Waals surface area contributed by atoms with Gasteiger partial charge in [-0.2, -0.15) is 5.10 Å². The molecule has 1 aromatic rings. The van der Waals surface area contributed by atoms with Crippen LogP contribution < -0.4 is 5.46 Å². The molecule has 0 radical (unpaired) electrons. The molecule has 4 nitrogen and oxygen atoms in total. The van der Waals surface area contributed by atoms with Crippen molar-refractivity contribution in [2.75, 3.05) is 0 Å². The van der Waals surface area contributed by atoms with Crippen molar-refractivity contribution in [1.82, 2.24) is 9.78 Å². The molecule has 1 aromatic heterocycles. The maximum absolute atomic E-state index is 5.94. The predicted molar refractivity (Wildman–Crippen MR) is 68.9 cm³/mol. The van der Waals surface area contributed by atoms with Crippen LogP contribution in [0.4, 0.5) is 0 Å². The summed E-state index contributed by atoms with van der Waals surface area (Å²) in [5, 5.41) is 4.21. The highest BCUT2D eigenvalue weighted by atomic mass is 16.7. The van der Waals surface area contributed by atoms with Crippen LogP contribution in [-0.2, 0) is 9.31 Å². The van der Waals surface area contributed by atoms with Gasteiger partial charge in [-0.05, 0) is 34.6 Å². The van der Waals surface area contributed by atoms with Crippen LogP contribution in [-0.4, -0.2) is 28.1 Å². The Bertz CT molecular complexity index is 435. The number of allylic oxidation sites excluding steroid dienone is 1. The fraction of sp³-hybridized carbons (Fsp3) is 0.583. The number of hydrogen-bond acceptors (Lipinski definition) is 3. The number of nitrogens with zero attached hydrogens (tertiary/aromatic N) is 2. The van der Waals surface area contributed by atoms with E-state index in [1.165, 1.54) is 0 Å². The van der Waals surface area contributed by atoms with Crippen molar-refractivity contribution in [3.8, 4) is 0 Å². The smallest absolute Gasteiger partial charge is 0.399 e. The molecule has 0 saturated carbocycles. The zero-order valence-corrected chi connectivity index (χ0v) is 11.2. The van der Waals surface area contributed by atoms with E-state index in [0.29, 0.717) is 0 Å². The Balaban J connectivity index is 2.23. The van der Waals surface area contributed by atoms with E-state index in [9.17, 15) is 0 Å². The van der Waals surface area contributed by atoms with Crippen LogP contribution >= 0.6 is 0 Å². The minimum atomic E-state index is -0.354. The predicted octanol–water partition coefficient (Wildman–Crippen LogP) is 1.67. The maximum Gasteiger partial charge on any atom is 0.498 e. The molecule has 1 saturated heterocycles. The Hall–Kier alpha value is -1.07. The van der Waals surface area contributed by atoms with Gasteiger partial charge >= 0.3 is 7.12 Å². The summed E-state index contributed by atoms with van der Waals surface area (Å²) < 4.78 is 13.6. The zero-order chi connectivity index (χ0) is 12.8. The summed E-state index contributed by atoms with van der Waals surface area (Å²) >= 11 is 0. The van der Waals surface area contributed by atoms with Crippen LogP contribution in [0.3, 0.4) is 0 Å². The molecule has 0 aromatic carbocycles. The summed E-state index contributed by atoms with van der Waals surface area (Å²) in [6.45, 7) is 13.9. The van der Waals surface area contributed by atoms with Crippen LogP contribution in [0.15, 0.2) is 19.0 Å². The first-order valence-electron chi connectivity index (χ1n) is 5.79. The summed E-state index contributed by atoms with van der Waals surface area (Å²) in [4.78, 5) is 0. The lowest BCUT2D eigenvalue weighted by molar-refractivity contribution is 0.00578. The number of rotatable bonds is 2. The average molecular weight is 234 g/mol. The number of hydrogen-bond donors (Lipinski definition) is 0. The van der Waals surface area contributed by atoms with Gasteiger partial charge in [0.25, 0.3) is 0 Å². The quantitative estimate of drug-likeness (QED) is 0.730. The van der Waals surface area contributed by atoms with Crippen LogP contribution in [0.5, 0.6) is 0 Å².